The van der Waals surface area contributed by atoms with Crippen molar-refractivity contribution in [3.05, 3.63) is 77.0 Å². The van der Waals surface area contributed by atoms with Crippen LogP contribution in [0.5, 0.6) is 11.5 Å². The van der Waals surface area contributed by atoms with Crippen LogP contribution in [-0.2, 0) is 0 Å². The fraction of sp³-hybridized carbons (Fsp3) is 0.0952. The normalized spacial score (nSPS) is 10.9. The summed E-state index contributed by atoms with van der Waals surface area (Å²) in [5.74, 6) is 2.18. The zero-order valence-corrected chi connectivity index (χ0v) is 15.1. The Labute approximate surface area is 156 Å². The van der Waals surface area contributed by atoms with Crippen molar-refractivity contribution >= 4 is 23.5 Å². The van der Waals surface area contributed by atoms with Gasteiger partial charge in [-0.1, -0.05) is 23.7 Å². The molecular weight excluding hydrogens is 352 g/mol. The minimum atomic E-state index is -0.161. The van der Waals surface area contributed by atoms with Gasteiger partial charge in [-0.05, 0) is 54.6 Å². The number of hydrogen-bond acceptors (Lipinski definition) is 4. The van der Waals surface area contributed by atoms with Crippen LogP contribution in [-0.4, -0.2) is 20.0 Å². The topological polar surface area (TPSA) is 48.7 Å². The molecule has 0 aliphatic rings. The molecule has 132 valence electrons. The van der Waals surface area contributed by atoms with E-state index in [1.807, 2.05) is 24.3 Å². The number of methoxy groups -OCH3 is 2. The van der Waals surface area contributed by atoms with E-state index in [9.17, 15) is 4.79 Å². The van der Waals surface area contributed by atoms with Gasteiger partial charge in [0.05, 0.1) is 14.2 Å². The molecule has 4 nitrogen and oxygen atoms in total. The molecule has 0 bridgehead atoms. The minimum Gasteiger partial charge on any atom is -0.493 e. The molecule has 26 heavy (non-hydrogen) atoms. The van der Waals surface area contributed by atoms with Gasteiger partial charge in [0.25, 0.3) is 0 Å². The molecule has 0 unspecified atom stereocenters. The molecule has 0 N–H and O–H groups in total. The van der Waals surface area contributed by atoms with Crippen LogP contribution >= 0.6 is 11.6 Å². The van der Waals surface area contributed by atoms with Gasteiger partial charge >= 0.3 is 0 Å². The number of allylic oxidation sites excluding steroid dienone is 1. The summed E-state index contributed by atoms with van der Waals surface area (Å²) in [7, 11) is 3.08. The quantitative estimate of drug-likeness (QED) is 0.425. The molecule has 0 spiro atoms. The first-order valence-electron chi connectivity index (χ1n) is 7.91. The minimum absolute atomic E-state index is 0.161. The van der Waals surface area contributed by atoms with Gasteiger partial charge in [0.1, 0.15) is 11.5 Å². The van der Waals surface area contributed by atoms with Crippen molar-refractivity contribution in [2.75, 3.05) is 14.2 Å². The average molecular weight is 369 g/mol. The van der Waals surface area contributed by atoms with Gasteiger partial charge in [-0.3, -0.25) is 4.79 Å². The molecule has 0 saturated heterocycles. The van der Waals surface area contributed by atoms with Crippen LogP contribution in [0.2, 0.25) is 5.02 Å². The number of hydrogen-bond donors (Lipinski definition) is 0. The van der Waals surface area contributed by atoms with E-state index in [1.165, 1.54) is 13.2 Å². The van der Waals surface area contributed by atoms with E-state index < -0.39 is 0 Å². The Balaban J connectivity index is 1.77. The highest BCUT2D eigenvalue weighted by molar-refractivity contribution is 6.30. The second-order valence-electron chi connectivity index (χ2n) is 5.48. The van der Waals surface area contributed by atoms with Gasteiger partial charge < -0.3 is 13.9 Å². The van der Waals surface area contributed by atoms with Gasteiger partial charge in [-0.25, -0.2) is 0 Å². The van der Waals surface area contributed by atoms with Crippen molar-refractivity contribution in [3.8, 4) is 22.8 Å². The highest BCUT2D eigenvalue weighted by atomic mass is 35.5. The summed E-state index contributed by atoms with van der Waals surface area (Å²) in [6, 6.07) is 16.1. The Morgan fingerprint density at radius 3 is 2.54 bits per heavy atom. The van der Waals surface area contributed by atoms with Gasteiger partial charge in [0.2, 0.25) is 0 Å². The van der Waals surface area contributed by atoms with Crippen LogP contribution < -0.4 is 9.47 Å². The predicted octanol–water partition coefficient (Wildman–Crippen LogP) is 5.51. The van der Waals surface area contributed by atoms with Crippen molar-refractivity contribution in [3.63, 3.8) is 0 Å². The average Bonchev–Trinajstić information content (AvgIpc) is 3.14. The molecule has 5 heteroatoms. The maximum Gasteiger partial charge on any atom is 0.186 e. The Bertz CT molecular complexity index is 956. The SMILES string of the molecule is COc1ccc(C(=O)/C=C/c2ccc(-c3cccc(Cl)c3)o2)cc1OC. The number of ketones is 1. The first-order chi connectivity index (χ1) is 12.6. The molecule has 3 aromatic rings. The van der Waals surface area contributed by atoms with Gasteiger partial charge in [0.15, 0.2) is 17.3 Å². The fourth-order valence-corrected chi connectivity index (χ4v) is 2.67. The molecule has 0 aliphatic carbocycles. The lowest BCUT2D eigenvalue weighted by molar-refractivity contribution is 0.104. The van der Waals surface area contributed by atoms with Crippen molar-refractivity contribution in [1.29, 1.82) is 0 Å². The monoisotopic (exact) mass is 368 g/mol. The van der Waals surface area contributed by atoms with Crippen molar-refractivity contribution in [1.82, 2.24) is 0 Å². The first kappa shape index (κ1) is 17.8. The standard InChI is InChI=1S/C21H17ClO4/c1-24-20-10-6-14(13-21(20)25-2)18(23)9-7-17-8-11-19(26-17)15-4-3-5-16(22)12-15/h3-13H,1-2H3/b9-7+. The van der Waals surface area contributed by atoms with E-state index in [4.69, 9.17) is 25.5 Å². The first-order valence-corrected chi connectivity index (χ1v) is 8.28. The summed E-state index contributed by atoms with van der Waals surface area (Å²) >= 11 is 6.00. The fourth-order valence-electron chi connectivity index (χ4n) is 2.48. The van der Waals surface area contributed by atoms with E-state index >= 15 is 0 Å². The lowest BCUT2D eigenvalue weighted by Crippen LogP contribution is -1.97. The van der Waals surface area contributed by atoms with E-state index in [0.717, 1.165) is 5.56 Å². The summed E-state index contributed by atoms with van der Waals surface area (Å²) in [5, 5.41) is 0.639. The van der Waals surface area contributed by atoms with Crippen LogP contribution in [0.1, 0.15) is 16.1 Å². The summed E-state index contributed by atoms with van der Waals surface area (Å²) < 4.78 is 16.1. The number of benzene rings is 2. The van der Waals surface area contributed by atoms with Crippen molar-refractivity contribution in [2.45, 2.75) is 0 Å². The van der Waals surface area contributed by atoms with E-state index in [-0.39, 0.29) is 5.78 Å². The molecule has 3 rings (SSSR count). The zero-order valence-electron chi connectivity index (χ0n) is 14.4. The lowest BCUT2D eigenvalue weighted by atomic mass is 10.1. The second-order valence-corrected chi connectivity index (χ2v) is 5.92. The summed E-state index contributed by atoms with van der Waals surface area (Å²) in [6.07, 6.45) is 3.09. The Morgan fingerprint density at radius 2 is 1.81 bits per heavy atom. The summed E-state index contributed by atoms with van der Waals surface area (Å²) in [4.78, 5) is 12.4. The van der Waals surface area contributed by atoms with Crippen LogP contribution in [0.25, 0.3) is 17.4 Å². The van der Waals surface area contributed by atoms with Gasteiger partial charge in [-0.2, -0.15) is 0 Å². The third-order valence-electron chi connectivity index (χ3n) is 3.80. The molecule has 0 fully saturated rings. The van der Waals surface area contributed by atoms with Crippen molar-refractivity contribution < 1.29 is 18.7 Å². The van der Waals surface area contributed by atoms with Gasteiger partial charge in [0, 0.05) is 16.1 Å². The lowest BCUT2D eigenvalue weighted by Gasteiger charge is -2.07. The third-order valence-corrected chi connectivity index (χ3v) is 4.04. The summed E-state index contributed by atoms with van der Waals surface area (Å²) in [5.41, 5.74) is 1.38. The van der Waals surface area contributed by atoms with Crippen LogP contribution in [0.4, 0.5) is 0 Å². The molecular formula is C21H17ClO4. The van der Waals surface area contributed by atoms with E-state index in [2.05, 4.69) is 0 Å². The number of carbonyl (C=O) groups excluding carboxylic acids is 1. The predicted molar refractivity (Wildman–Crippen MR) is 102 cm³/mol. The van der Waals surface area contributed by atoms with Crippen LogP contribution in [0, 0.1) is 0 Å². The highest BCUT2D eigenvalue weighted by Gasteiger charge is 2.09. The highest BCUT2D eigenvalue weighted by Crippen LogP contribution is 2.28. The number of halogens is 1. The number of carbonyl (C=O) groups is 1. The maximum atomic E-state index is 12.4. The van der Waals surface area contributed by atoms with Crippen LogP contribution in [0.3, 0.4) is 0 Å². The summed E-state index contributed by atoms with van der Waals surface area (Å²) in [6.45, 7) is 0. The number of rotatable bonds is 6. The molecule has 0 atom stereocenters. The van der Waals surface area contributed by atoms with Crippen LogP contribution in [0.15, 0.2) is 65.1 Å². The molecule has 0 saturated carbocycles. The van der Waals surface area contributed by atoms with Crippen molar-refractivity contribution in [2.24, 2.45) is 0 Å². The van der Waals surface area contributed by atoms with E-state index in [0.29, 0.717) is 33.6 Å². The third kappa shape index (κ3) is 3.98. The second kappa shape index (κ2) is 7.93. The zero-order chi connectivity index (χ0) is 18.5. The molecule has 1 heterocycles. The maximum absolute atomic E-state index is 12.4. The smallest absolute Gasteiger partial charge is 0.186 e. The Hall–Kier alpha value is -2.98. The molecule has 2 aromatic carbocycles. The molecule has 0 amide bonds. The van der Waals surface area contributed by atoms with Gasteiger partial charge in [-0.15, -0.1) is 0 Å². The van der Waals surface area contributed by atoms with E-state index in [1.54, 1.807) is 43.5 Å². The molecule has 0 aliphatic heterocycles. The Morgan fingerprint density at radius 1 is 1.00 bits per heavy atom. The largest absolute Gasteiger partial charge is 0.493 e. The Kier molecular flexibility index (Phi) is 5.44. The number of furan rings is 1. The molecule has 0 radical (unpaired) electrons. The molecule has 1 aromatic heterocycles. The number of ether oxygens (including phenoxy) is 2.